The first-order valence-electron chi connectivity index (χ1n) is 8.30. The van der Waals surface area contributed by atoms with Crippen LogP contribution in [0.2, 0.25) is 0 Å². The summed E-state index contributed by atoms with van der Waals surface area (Å²) in [4.78, 5) is 28.8. The van der Waals surface area contributed by atoms with E-state index in [1.807, 2.05) is 17.5 Å². The van der Waals surface area contributed by atoms with Gasteiger partial charge in [-0.15, -0.1) is 11.3 Å². The monoisotopic (exact) mass is 395 g/mol. The van der Waals surface area contributed by atoms with Gasteiger partial charge in [-0.05, 0) is 47.3 Å². The number of methoxy groups -OCH3 is 1. The first kappa shape index (κ1) is 19.2. The number of nitrogens with one attached hydrogen (secondary N) is 1. The van der Waals surface area contributed by atoms with Crippen LogP contribution in [0.15, 0.2) is 65.3 Å². The fourth-order valence-corrected chi connectivity index (χ4v) is 2.98. The van der Waals surface area contributed by atoms with Gasteiger partial charge in [0.1, 0.15) is 0 Å². The number of hydrazone groups is 1. The summed E-state index contributed by atoms with van der Waals surface area (Å²) in [7, 11) is 1.47. The Labute approximate surface area is 165 Å². The molecule has 0 saturated heterocycles. The van der Waals surface area contributed by atoms with Crippen molar-refractivity contribution in [2.24, 2.45) is 5.10 Å². The molecule has 0 aliphatic heterocycles. The molecule has 0 spiro atoms. The second-order valence-electron chi connectivity index (χ2n) is 5.59. The number of hydrogen-bond acceptors (Lipinski definition) is 7. The van der Waals surface area contributed by atoms with Gasteiger partial charge in [-0.1, -0.05) is 6.07 Å². The van der Waals surface area contributed by atoms with E-state index >= 15 is 0 Å². The van der Waals surface area contributed by atoms with Crippen molar-refractivity contribution >= 4 is 29.4 Å². The van der Waals surface area contributed by atoms with Gasteiger partial charge in [-0.3, -0.25) is 9.78 Å². The number of hydrogen-bond donors (Lipinski definition) is 1. The largest absolute Gasteiger partial charge is 0.493 e. The third kappa shape index (κ3) is 5.24. The van der Waals surface area contributed by atoms with Crippen LogP contribution in [0.3, 0.4) is 0 Å². The molecule has 7 nitrogen and oxygen atoms in total. The van der Waals surface area contributed by atoms with Crippen molar-refractivity contribution < 1.29 is 19.1 Å². The molecule has 28 heavy (non-hydrogen) atoms. The normalized spacial score (nSPS) is 10.6. The number of nitrogens with zero attached hydrogens (tertiary/aromatic N) is 2. The maximum absolute atomic E-state index is 12.2. The molecule has 0 unspecified atom stereocenters. The van der Waals surface area contributed by atoms with E-state index < -0.39 is 5.97 Å². The summed E-state index contributed by atoms with van der Waals surface area (Å²) in [5.41, 5.74) is 3.49. The summed E-state index contributed by atoms with van der Waals surface area (Å²) in [6.07, 6.45) is 4.77. The average Bonchev–Trinajstić information content (AvgIpc) is 3.22. The van der Waals surface area contributed by atoms with E-state index in [1.165, 1.54) is 30.9 Å². The standard InChI is InChI=1S/C20H17N3O4S/c1-26-18-10-14(12-22-23-19(24)11-16-5-3-9-28-16)6-7-17(18)27-20(25)15-4-2-8-21-13-15/h2-10,12-13H,11H2,1H3,(H,23,24)/b22-12-. The molecule has 0 aliphatic rings. The zero-order valence-electron chi connectivity index (χ0n) is 15.0. The van der Waals surface area contributed by atoms with E-state index in [2.05, 4.69) is 15.5 Å². The number of ether oxygens (including phenoxy) is 2. The van der Waals surface area contributed by atoms with Gasteiger partial charge in [0.2, 0.25) is 5.91 Å². The lowest BCUT2D eigenvalue weighted by Gasteiger charge is -2.09. The van der Waals surface area contributed by atoms with Crippen molar-refractivity contribution in [2.45, 2.75) is 6.42 Å². The number of carbonyl (C=O) groups is 2. The van der Waals surface area contributed by atoms with Crippen LogP contribution in [0.5, 0.6) is 11.5 Å². The van der Waals surface area contributed by atoms with Gasteiger partial charge in [0.15, 0.2) is 11.5 Å². The molecule has 0 aliphatic carbocycles. The molecule has 8 heteroatoms. The second kappa shape index (κ2) is 9.43. The molecule has 2 heterocycles. The van der Waals surface area contributed by atoms with Gasteiger partial charge >= 0.3 is 5.97 Å². The third-order valence-corrected chi connectivity index (χ3v) is 4.48. The van der Waals surface area contributed by atoms with Gasteiger partial charge in [0.05, 0.1) is 25.3 Å². The number of esters is 1. The van der Waals surface area contributed by atoms with E-state index in [0.717, 1.165) is 4.88 Å². The van der Waals surface area contributed by atoms with Crippen molar-refractivity contribution in [2.75, 3.05) is 7.11 Å². The van der Waals surface area contributed by atoms with Gasteiger partial charge in [0, 0.05) is 17.3 Å². The molecular formula is C20H17N3O4S. The van der Waals surface area contributed by atoms with Gasteiger partial charge < -0.3 is 9.47 Å². The molecule has 1 amide bonds. The van der Waals surface area contributed by atoms with Gasteiger partial charge in [0.25, 0.3) is 0 Å². The Balaban J connectivity index is 1.62. The van der Waals surface area contributed by atoms with E-state index in [0.29, 0.717) is 16.9 Å². The minimum absolute atomic E-state index is 0.201. The summed E-state index contributed by atoms with van der Waals surface area (Å²) in [6.45, 7) is 0. The molecule has 0 saturated carbocycles. The van der Waals surface area contributed by atoms with Crippen molar-refractivity contribution in [3.05, 3.63) is 76.2 Å². The molecule has 0 radical (unpaired) electrons. The first-order chi connectivity index (χ1) is 13.7. The van der Waals surface area contributed by atoms with E-state index in [9.17, 15) is 9.59 Å². The lowest BCUT2D eigenvalue weighted by Crippen LogP contribution is -2.19. The zero-order chi connectivity index (χ0) is 19.8. The molecule has 1 aromatic carbocycles. The van der Waals surface area contributed by atoms with Crippen molar-refractivity contribution in [1.82, 2.24) is 10.4 Å². The Morgan fingerprint density at radius 2 is 2.11 bits per heavy atom. The van der Waals surface area contributed by atoms with Crippen molar-refractivity contribution in [1.29, 1.82) is 0 Å². The summed E-state index contributed by atoms with van der Waals surface area (Å²) >= 11 is 1.52. The number of aromatic nitrogens is 1. The highest BCUT2D eigenvalue weighted by Crippen LogP contribution is 2.28. The molecule has 1 N–H and O–H groups in total. The number of carbonyl (C=O) groups excluding carboxylic acids is 2. The van der Waals surface area contributed by atoms with Gasteiger partial charge in [-0.2, -0.15) is 5.10 Å². The predicted molar refractivity (Wildman–Crippen MR) is 106 cm³/mol. The van der Waals surface area contributed by atoms with Crippen LogP contribution in [0.4, 0.5) is 0 Å². The minimum atomic E-state index is -0.534. The lowest BCUT2D eigenvalue weighted by molar-refractivity contribution is -0.120. The average molecular weight is 395 g/mol. The number of pyridine rings is 1. The Morgan fingerprint density at radius 1 is 1.21 bits per heavy atom. The molecule has 3 aromatic rings. The van der Waals surface area contributed by atoms with Crippen LogP contribution < -0.4 is 14.9 Å². The van der Waals surface area contributed by atoms with Crippen LogP contribution in [-0.4, -0.2) is 30.2 Å². The molecule has 2 aromatic heterocycles. The fraction of sp³-hybridized carbons (Fsp3) is 0.100. The number of benzene rings is 1. The summed E-state index contributed by atoms with van der Waals surface area (Å²) in [5.74, 6) is -0.0947. The summed E-state index contributed by atoms with van der Waals surface area (Å²) < 4.78 is 10.6. The molecule has 3 rings (SSSR count). The Morgan fingerprint density at radius 3 is 2.82 bits per heavy atom. The SMILES string of the molecule is COc1cc(/C=N\NC(=O)Cc2cccs2)ccc1OC(=O)c1cccnc1. The quantitative estimate of drug-likeness (QED) is 0.287. The molecule has 142 valence electrons. The van der Waals surface area contributed by atoms with Crippen LogP contribution in [0, 0.1) is 0 Å². The Hall–Kier alpha value is -3.52. The number of thiophene rings is 1. The third-order valence-electron chi connectivity index (χ3n) is 3.61. The van der Waals surface area contributed by atoms with E-state index in [4.69, 9.17) is 9.47 Å². The highest BCUT2D eigenvalue weighted by molar-refractivity contribution is 7.10. The minimum Gasteiger partial charge on any atom is -0.493 e. The maximum atomic E-state index is 12.2. The summed E-state index contributed by atoms with van der Waals surface area (Å²) in [5, 5.41) is 5.86. The van der Waals surface area contributed by atoms with Crippen LogP contribution in [0.1, 0.15) is 20.8 Å². The number of rotatable bonds is 7. The fourth-order valence-electron chi connectivity index (χ4n) is 2.28. The molecule has 0 fully saturated rings. The van der Waals surface area contributed by atoms with Crippen LogP contribution >= 0.6 is 11.3 Å². The first-order valence-corrected chi connectivity index (χ1v) is 9.18. The predicted octanol–water partition coefficient (Wildman–Crippen LogP) is 3.06. The number of amides is 1. The Bertz CT molecular complexity index is 972. The highest BCUT2D eigenvalue weighted by Gasteiger charge is 2.12. The maximum Gasteiger partial charge on any atom is 0.345 e. The van der Waals surface area contributed by atoms with E-state index in [-0.39, 0.29) is 18.1 Å². The topological polar surface area (TPSA) is 89.9 Å². The lowest BCUT2D eigenvalue weighted by atomic mass is 10.2. The summed E-state index contributed by atoms with van der Waals surface area (Å²) in [6, 6.07) is 12.0. The molecular weight excluding hydrogens is 378 g/mol. The zero-order valence-corrected chi connectivity index (χ0v) is 15.8. The second-order valence-corrected chi connectivity index (χ2v) is 6.62. The highest BCUT2D eigenvalue weighted by atomic mass is 32.1. The van der Waals surface area contributed by atoms with E-state index in [1.54, 1.807) is 36.5 Å². The molecule has 0 atom stereocenters. The van der Waals surface area contributed by atoms with Crippen LogP contribution in [0.25, 0.3) is 0 Å². The van der Waals surface area contributed by atoms with Crippen LogP contribution in [-0.2, 0) is 11.2 Å². The van der Waals surface area contributed by atoms with Crippen molar-refractivity contribution in [3.8, 4) is 11.5 Å². The van der Waals surface area contributed by atoms with Gasteiger partial charge in [-0.25, -0.2) is 10.2 Å². The smallest absolute Gasteiger partial charge is 0.345 e. The molecule has 0 bridgehead atoms. The van der Waals surface area contributed by atoms with Crippen molar-refractivity contribution in [3.63, 3.8) is 0 Å². The Kier molecular flexibility index (Phi) is 6.48.